The normalized spacial score (nSPS) is 27.3. The second kappa shape index (κ2) is 5.02. The van der Waals surface area contributed by atoms with Gasteiger partial charge in [-0.3, -0.25) is 4.79 Å². The number of hydrogen-bond donors (Lipinski definition) is 2. The highest BCUT2D eigenvalue weighted by Gasteiger charge is 2.39. The smallest absolute Gasteiger partial charge is 0.261 e. The van der Waals surface area contributed by atoms with E-state index >= 15 is 0 Å². The molecule has 4 heteroatoms. The standard InChI is InChI=1S/C17H20N2OS/c18-14-3-4-15-12(7-14)8-16(21-15)17(20)19-9-13-6-10-1-2-11(13)5-10/h3-4,7-8,10-11,13H,1-2,5-6,9,18H2,(H,19,20). The van der Waals surface area contributed by atoms with Crippen LogP contribution < -0.4 is 11.1 Å². The van der Waals surface area contributed by atoms with E-state index in [-0.39, 0.29) is 5.91 Å². The Hall–Kier alpha value is -1.55. The molecule has 2 aliphatic rings. The number of carbonyl (C=O) groups excluding carboxylic acids is 1. The third-order valence-electron chi connectivity index (χ3n) is 5.17. The average molecular weight is 300 g/mol. The summed E-state index contributed by atoms with van der Waals surface area (Å²) < 4.78 is 1.12. The summed E-state index contributed by atoms with van der Waals surface area (Å²) >= 11 is 1.54. The minimum atomic E-state index is 0.0672. The molecular formula is C17H20N2OS. The van der Waals surface area contributed by atoms with Crippen molar-refractivity contribution in [2.75, 3.05) is 12.3 Å². The van der Waals surface area contributed by atoms with Crippen LogP contribution in [-0.2, 0) is 0 Å². The number of carbonyl (C=O) groups is 1. The summed E-state index contributed by atoms with van der Waals surface area (Å²) in [6.07, 6.45) is 5.48. The van der Waals surface area contributed by atoms with Crippen LogP contribution in [0.1, 0.15) is 35.4 Å². The first kappa shape index (κ1) is 13.1. The van der Waals surface area contributed by atoms with Gasteiger partial charge in [-0.15, -0.1) is 11.3 Å². The number of nitrogen functional groups attached to an aromatic ring is 1. The van der Waals surface area contributed by atoms with E-state index in [2.05, 4.69) is 5.32 Å². The SMILES string of the molecule is Nc1ccc2sc(C(=O)NCC3CC4CCC3C4)cc2c1. The van der Waals surface area contributed by atoms with E-state index in [1.165, 1.54) is 25.7 Å². The van der Waals surface area contributed by atoms with Crippen LogP contribution in [0.3, 0.4) is 0 Å². The molecule has 1 heterocycles. The molecule has 0 aliphatic heterocycles. The molecule has 2 saturated carbocycles. The zero-order valence-electron chi connectivity index (χ0n) is 12.0. The minimum absolute atomic E-state index is 0.0672. The molecule has 0 spiro atoms. The zero-order chi connectivity index (χ0) is 14.4. The highest BCUT2D eigenvalue weighted by Crippen LogP contribution is 2.47. The molecule has 2 bridgehead atoms. The monoisotopic (exact) mass is 300 g/mol. The number of fused-ring (bicyclic) bond motifs is 3. The maximum Gasteiger partial charge on any atom is 0.261 e. The maximum absolute atomic E-state index is 12.3. The molecule has 2 aromatic rings. The predicted octanol–water partition coefficient (Wildman–Crippen LogP) is 3.65. The summed E-state index contributed by atoms with van der Waals surface area (Å²) in [5, 5.41) is 4.20. The highest BCUT2D eigenvalue weighted by molar-refractivity contribution is 7.20. The fourth-order valence-electron chi connectivity index (χ4n) is 4.11. The Balaban J connectivity index is 1.44. The Bertz CT molecular complexity index is 693. The van der Waals surface area contributed by atoms with Crippen LogP contribution in [0.25, 0.3) is 10.1 Å². The Morgan fingerprint density at radius 1 is 1.29 bits per heavy atom. The molecule has 110 valence electrons. The molecule has 3 nitrogen and oxygen atoms in total. The molecule has 0 radical (unpaired) electrons. The van der Waals surface area contributed by atoms with E-state index in [0.717, 1.165) is 39.0 Å². The van der Waals surface area contributed by atoms with Gasteiger partial charge in [-0.2, -0.15) is 0 Å². The minimum Gasteiger partial charge on any atom is -0.399 e. The van der Waals surface area contributed by atoms with Crippen LogP contribution in [0, 0.1) is 17.8 Å². The van der Waals surface area contributed by atoms with Gasteiger partial charge >= 0.3 is 0 Å². The lowest BCUT2D eigenvalue weighted by Gasteiger charge is -2.21. The van der Waals surface area contributed by atoms with Gasteiger partial charge in [0, 0.05) is 16.9 Å². The van der Waals surface area contributed by atoms with Gasteiger partial charge < -0.3 is 11.1 Å². The van der Waals surface area contributed by atoms with E-state index in [1.54, 1.807) is 11.3 Å². The lowest BCUT2D eigenvalue weighted by Crippen LogP contribution is -2.31. The number of anilines is 1. The lowest BCUT2D eigenvalue weighted by molar-refractivity contribution is 0.0946. The van der Waals surface area contributed by atoms with E-state index in [4.69, 9.17) is 5.73 Å². The van der Waals surface area contributed by atoms with Gasteiger partial charge in [0.15, 0.2) is 0 Å². The van der Waals surface area contributed by atoms with Gasteiger partial charge in [0.1, 0.15) is 0 Å². The van der Waals surface area contributed by atoms with E-state index in [9.17, 15) is 4.79 Å². The first-order valence-electron chi connectivity index (χ1n) is 7.76. The van der Waals surface area contributed by atoms with Crippen molar-refractivity contribution >= 4 is 33.0 Å². The summed E-state index contributed by atoms with van der Waals surface area (Å²) in [6, 6.07) is 7.75. The topological polar surface area (TPSA) is 55.1 Å². The van der Waals surface area contributed by atoms with Crippen LogP contribution in [0.4, 0.5) is 5.69 Å². The average Bonchev–Trinajstić information content (AvgIpc) is 3.18. The molecule has 2 fully saturated rings. The predicted molar refractivity (Wildman–Crippen MR) is 87.5 cm³/mol. The van der Waals surface area contributed by atoms with Crippen molar-refractivity contribution in [1.82, 2.24) is 5.32 Å². The molecule has 3 N–H and O–H groups in total. The molecule has 0 saturated heterocycles. The fraction of sp³-hybridized carbons (Fsp3) is 0.471. The molecule has 3 unspecified atom stereocenters. The van der Waals surface area contributed by atoms with Gasteiger partial charge in [0.05, 0.1) is 4.88 Å². The highest BCUT2D eigenvalue weighted by atomic mass is 32.1. The summed E-state index contributed by atoms with van der Waals surface area (Å²) in [4.78, 5) is 13.1. The Morgan fingerprint density at radius 2 is 2.19 bits per heavy atom. The van der Waals surface area contributed by atoms with Gasteiger partial charge in [0.2, 0.25) is 0 Å². The molecule has 2 aliphatic carbocycles. The van der Waals surface area contributed by atoms with Crippen molar-refractivity contribution in [1.29, 1.82) is 0 Å². The number of nitrogens with one attached hydrogen (secondary N) is 1. The van der Waals surface area contributed by atoms with Crippen molar-refractivity contribution in [2.24, 2.45) is 17.8 Å². The molecule has 1 aromatic carbocycles. The van der Waals surface area contributed by atoms with E-state index < -0.39 is 0 Å². The maximum atomic E-state index is 12.3. The van der Waals surface area contributed by atoms with Crippen LogP contribution >= 0.6 is 11.3 Å². The zero-order valence-corrected chi connectivity index (χ0v) is 12.8. The molecule has 3 atom stereocenters. The number of thiophene rings is 1. The second-order valence-electron chi connectivity index (χ2n) is 6.55. The quantitative estimate of drug-likeness (QED) is 0.850. The number of amides is 1. The second-order valence-corrected chi connectivity index (χ2v) is 7.64. The summed E-state index contributed by atoms with van der Waals surface area (Å²) in [6.45, 7) is 0.844. The van der Waals surface area contributed by atoms with Crippen molar-refractivity contribution in [3.63, 3.8) is 0 Å². The van der Waals surface area contributed by atoms with Crippen LogP contribution in [0.15, 0.2) is 24.3 Å². The molecule has 1 amide bonds. The van der Waals surface area contributed by atoms with Crippen molar-refractivity contribution in [3.05, 3.63) is 29.1 Å². The van der Waals surface area contributed by atoms with Crippen molar-refractivity contribution in [2.45, 2.75) is 25.7 Å². The fourth-order valence-corrected chi connectivity index (χ4v) is 5.07. The Labute approximate surface area is 128 Å². The van der Waals surface area contributed by atoms with Crippen LogP contribution in [0.5, 0.6) is 0 Å². The van der Waals surface area contributed by atoms with Gasteiger partial charge in [-0.1, -0.05) is 6.42 Å². The van der Waals surface area contributed by atoms with Gasteiger partial charge in [0.25, 0.3) is 5.91 Å². The largest absolute Gasteiger partial charge is 0.399 e. The molecule has 4 rings (SSSR count). The van der Waals surface area contributed by atoms with Gasteiger partial charge in [-0.05, 0) is 66.7 Å². The first-order chi connectivity index (χ1) is 10.2. The number of nitrogens with two attached hydrogens (primary N) is 1. The van der Waals surface area contributed by atoms with E-state index in [0.29, 0.717) is 5.92 Å². The summed E-state index contributed by atoms with van der Waals surface area (Å²) in [7, 11) is 0. The Morgan fingerprint density at radius 3 is 2.95 bits per heavy atom. The van der Waals surface area contributed by atoms with Crippen molar-refractivity contribution in [3.8, 4) is 0 Å². The number of rotatable bonds is 3. The number of hydrogen-bond acceptors (Lipinski definition) is 3. The van der Waals surface area contributed by atoms with Gasteiger partial charge in [-0.25, -0.2) is 0 Å². The summed E-state index contributed by atoms with van der Waals surface area (Å²) in [5.74, 6) is 2.57. The van der Waals surface area contributed by atoms with Crippen molar-refractivity contribution < 1.29 is 4.79 Å². The molecule has 21 heavy (non-hydrogen) atoms. The number of benzene rings is 1. The third kappa shape index (κ3) is 2.42. The molecule has 1 aromatic heterocycles. The van der Waals surface area contributed by atoms with E-state index in [1.807, 2.05) is 24.3 Å². The third-order valence-corrected chi connectivity index (χ3v) is 6.29. The van der Waals surface area contributed by atoms with Crippen LogP contribution in [0.2, 0.25) is 0 Å². The summed E-state index contributed by atoms with van der Waals surface area (Å²) in [5.41, 5.74) is 6.53. The first-order valence-corrected chi connectivity index (χ1v) is 8.58. The molecular weight excluding hydrogens is 280 g/mol. The Kier molecular flexibility index (Phi) is 3.14. The lowest BCUT2D eigenvalue weighted by atomic mass is 9.89. The van der Waals surface area contributed by atoms with Crippen LogP contribution in [-0.4, -0.2) is 12.5 Å².